The molecule has 4 nitrogen and oxygen atoms in total. The number of hydrogen-bond donors (Lipinski definition) is 1. The van der Waals surface area contributed by atoms with Crippen LogP contribution in [-0.2, 0) is 9.53 Å². The zero-order chi connectivity index (χ0) is 16.9. The molecule has 0 fully saturated rings. The van der Waals surface area contributed by atoms with Gasteiger partial charge in [-0.25, -0.2) is 4.79 Å². The third-order valence-electron chi connectivity index (χ3n) is 3.82. The highest BCUT2D eigenvalue weighted by molar-refractivity contribution is 7.12. The molecule has 1 aromatic rings. The Morgan fingerprint density at radius 2 is 1.65 bits per heavy atom. The van der Waals surface area contributed by atoms with Crippen LogP contribution in [0.5, 0.6) is 0 Å². The summed E-state index contributed by atoms with van der Waals surface area (Å²) in [6, 6.07) is 1.74. The number of esters is 1. The van der Waals surface area contributed by atoms with Gasteiger partial charge in [0.15, 0.2) is 0 Å². The molecule has 5 heteroatoms. The average molecular weight is 340 g/mol. The quantitative estimate of drug-likeness (QED) is 0.410. The fourth-order valence-corrected chi connectivity index (χ4v) is 3.23. The molecule has 1 aromatic heterocycles. The number of anilines is 1. The summed E-state index contributed by atoms with van der Waals surface area (Å²) in [6.45, 7) is 2.23. The average Bonchev–Trinajstić information content (AvgIpc) is 3.00. The zero-order valence-corrected chi connectivity index (χ0v) is 15.2. The summed E-state index contributed by atoms with van der Waals surface area (Å²) in [5.74, 6) is -0.435. The lowest BCUT2D eigenvalue weighted by molar-refractivity contribution is -0.116. The van der Waals surface area contributed by atoms with E-state index in [1.807, 2.05) is 0 Å². The van der Waals surface area contributed by atoms with Crippen molar-refractivity contribution in [2.45, 2.75) is 71.1 Å². The molecule has 130 valence electrons. The van der Waals surface area contributed by atoms with Crippen molar-refractivity contribution >= 4 is 28.9 Å². The smallest absolute Gasteiger partial charge is 0.350 e. The summed E-state index contributed by atoms with van der Waals surface area (Å²) in [5.41, 5.74) is 0.558. The van der Waals surface area contributed by atoms with Gasteiger partial charge in [-0.2, -0.15) is 0 Å². The first-order chi connectivity index (χ1) is 11.2. The summed E-state index contributed by atoms with van der Waals surface area (Å²) < 4.78 is 4.70. The number of ether oxygens (including phenoxy) is 1. The van der Waals surface area contributed by atoms with Gasteiger partial charge in [-0.05, 0) is 17.9 Å². The molecule has 0 aliphatic rings. The second-order valence-electron chi connectivity index (χ2n) is 5.78. The Morgan fingerprint density at radius 1 is 1.04 bits per heavy atom. The molecule has 0 radical (unpaired) electrons. The minimum atomic E-state index is -0.404. The van der Waals surface area contributed by atoms with Crippen molar-refractivity contribution in [3.8, 4) is 0 Å². The van der Waals surface area contributed by atoms with Crippen molar-refractivity contribution in [1.82, 2.24) is 0 Å². The number of amides is 1. The minimum Gasteiger partial charge on any atom is -0.465 e. The highest BCUT2D eigenvalue weighted by Crippen LogP contribution is 2.23. The molecular weight excluding hydrogens is 310 g/mol. The molecule has 0 aliphatic heterocycles. The highest BCUT2D eigenvalue weighted by atomic mass is 32.1. The van der Waals surface area contributed by atoms with Gasteiger partial charge in [0.1, 0.15) is 4.88 Å². The molecule has 1 N–H and O–H groups in total. The molecule has 0 aliphatic carbocycles. The van der Waals surface area contributed by atoms with E-state index in [0.29, 0.717) is 17.0 Å². The van der Waals surface area contributed by atoms with Crippen LogP contribution in [0.2, 0.25) is 0 Å². The number of nitrogens with one attached hydrogen (secondary N) is 1. The van der Waals surface area contributed by atoms with Gasteiger partial charge in [-0.1, -0.05) is 58.3 Å². The largest absolute Gasteiger partial charge is 0.465 e. The van der Waals surface area contributed by atoms with Gasteiger partial charge < -0.3 is 10.1 Å². The minimum absolute atomic E-state index is 0.0310. The molecule has 0 saturated carbocycles. The molecule has 0 atom stereocenters. The van der Waals surface area contributed by atoms with E-state index in [1.54, 1.807) is 11.4 Å². The van der Waals surface area contributed by atoms with Crippen LogP contribution in [0, 0.1) is 0 Å². The Kier molecular flexibility index (Phi) is 10.4. The van der Waals surface area contributed by atoms with E-state index in [1.165, 1.54) is 63.4 Å². The maximum Gasteiger partial charge on any atom is 0.350 e. The first kappa shape index (κ1) is 19.7. The standard InChI is InChI=1S/C18H29NO3S/c1-3-4-5-6-7-8-9-10-11-12-16(20)19-15-13-14-23-17(15)18(21)22-2/h13-14H,3-12H2,1-2H3,(H,19,20). The maximum atomic E-state index is 11.9. The third kappa shape index (κ3) is 8.16. The number of methoxy groups -OCH3 is 1. The van der Waals surface area contributed by atoms with Crippen LogP contribution < -0.4 is 5.32 Å². The van der Waals surface area contributed by atoms with E-state index < -0.39 is 5.97 Å². The predicted molar refractivity (Wildman–Crippen MR) is 96.1 cm³/mol. The van der Waals surface area contributed by atoms with Crippen molar-refractivity contribution in [1.29, 1.82) is 0 Å². The second kappa shape index (κ2) is 12.1. The Hall–Kier alpha value is -1.36. The summed E-state index contributed by atoms with van der Waals surface area (Å²) in [6.07, 6.45) is 11.6. The van der Waals surface area contributed by atoms with Crippen LogP contribution in [0.15, 0.2) is 11.4 Å². The van der Waals surface area contributed by atoms with E-state index in [-0.39, 0.29) is 5.91 Å². The monoisotopic (exact) mass is 339 g/mol. The van der Waals surface area contributed by atoms with Gasteiger partial charge in [0.25, 0.3) is 0 Å². The topological polar surface area (TPSA) is 55.4 Å². The van der Waals surface area contributed by atoms with Crippen LogP contribution in [0.4, 0.5) is 5.69 Å². The van der Waals surface area contributed by atoms with Gasteiger partial charge in [0, 0.05) is 6.42 Å². The number of carbonyl (C=O) groups excluding carboxylic acids is 2. The molecule has 23 heavy (non-hydrogen) atoms. The normalized spacial score (nSPS) is 10.5. The number of unbranched alkanes of at least 4 members (excludes halogenated alkanes) is 8. The first-order valence-corrected chi connectivity index (χ1v) is 9.52. The fourth-order valence-electron chi connectivity index (χ4n) is 2.47. The van der Waals surface area contributed by atoms with Crippen molar-refractivity contribution in [2.24, 2.45) is 0 Å². The maximum absolute atomic E-state index is 11.9. The fraction of sp³-hybridized carbons (Fsp3) is 0.667. The van der Waals surface area contributed by atoms with Crippen LogP contribution in [0.25, 0.3) is 0 Å². The molecule has 1 amide bonds. The van der Waals surface area contributed by atoms with Crippen LogP contribution >= 0.6 is 11.3 Å². The Labute approximate surface area is 143 Å². The van der Waals surface area contributed by atoms with Gasteiger partial charge in [0.05, 0.1) is 12.8 Å². The summed E-state index contributed by atoms with van der Waals surface area (Å²) in [4.78, 5) is 23.9. The summed E-state index contributed by atoms with van der Waals surface area (Å²) in [7, 11) is 1.34. The van der Waals surface area contributed by atoms with Gasteiger partial charge in [0.2, 0.25) is 5.91 Å². The lowest BCUT2D eigenvalue weighted by atomic mass is 10.1. The van der Waals surface area contributed by atoms with E-state index in [2.05, 4.69) is 12.2 Å². The molecule has 0 spiro atoms. The Morgan fingerprint density at radius 3 is 2.26 bits per heavy atom. The highest BCUT2D eigenvalue weighted by Gasteiger charge is 2.15. The number of carbonyl (C=O) groups is 2. The van der Waals surface area contributed by atoms with Crippen molar-refractivity contribution in [2.75, 3.05) is 12.4 Å². The van der Waals surface area contributed by atoms with E-state index >= 15 is 0 Å². The lowest BCUT2D eigenvalue weighted by Gasteiger charge is -2.06. The SMILES string of the molecule is CCCCCCCCCCCC(=O)Nc1ccsc1C(=O)OC. The van der Waals surface area contributed by atoms with Crippen LogP contribution in [-0.4, -0.2) is 19.0 Å². The second-order valence-corrected chi connectivity index (χ2v) is 6.70. The third-order valence-corrected chi connectivity index (χ3v) is 4.71. The molecule has 1 rings (SSSR count). The summed E-state index contributed by atoms with van der Waals surface area (Å²) >= 11 is 1.28. The molecular formula is C18H29NO3S. The first-order valence-electron chi connectivity index (χ1n) is 8.64. The van der Waals surface area contributed by atoms with Gasteiger partial charge >= 0.3 is 5.97 Å². The molecule has 0 saturated heterocycles. The Bertz CT molecular complexity index is 471. The van der Waals surface area contributed by atoms with Gasteiger partial charge in [-0.15, -0.1) is 11.3 Å². The molecule has 0 unspecified atom stereocenters. The van der Waals surface area contributed by atoms with Crippen molar-refractivity contribution < 1.29 is 14.3 Å². The van der Waals surface area contributed by atoms with E-state index in [9.17, 15) is 9.59 Å². The zero-order valence-electron chi connectivity index (χ0n) is 14.4. The van der Waals surface area contributed by atoms with Crippen LogP contribution in [0.3, 0.4) is 0 Å². The van der Waals surface area contributed by atoms with Gasteiger partial charge in [-0.3, -0.25) is 4.79 Å². The molecule has 1 heterocycles. The van der Waals surface area contributed by atoms with E-state index in [4.69, 9.17) is 4.74 Å². The summed E-state index contributed by atoms with van der Waals surface area (Å²) in [5, 5.41) is 4.58. The number of thiophene rings is 1. The predicted octanol–water partition coefficient (Wildman–Crippen LogP) is 5.39. The van der Waals surface area contributed by atoms with Crippen molar-refractivity contribution in [3.63, 3.8) is 0 Å². The number of hydrogen-bond acceptors (Lipinski definition) is 4. The lowest BCUT2D eigenvalue weighted by Crippen LogP contribution is -2.13. The van der Waals surface area contributed by atoms with Crippen LogP contribution in [0.1, 0.15) is 80.8 Å². The van der Waals surface area contributed by atoms with E-state index in [0.717, 1.165) is 12.8 Å². The number of rotatable bonds is 12. The van der Waals surface area contributed by atoms with Crippen molar-refractivity contribution in [3.05, 3.63) is 16.3 Å². The molecule has 0 aromatic carbocycles. The Balaban J connectivity index is 2.11. The molecule has 0 bridgehead atoms.